The smallest absolute Gasteiger partial charge is 0.363 e. The van der Waals surface area contributed by atoms with Gasteiger partial charge in [0, 0.05) is 18.8 Å². The monoisotopic (exact) mass is 396 g/mol. The standard InChI is InChI=1S/C19H22F6O2/c1-15-7-2-4-13(26)12(15)5-6-14(15)16(10-11-16)8-3-9-17(27,18(20,21)22)19(23,24)25/h12,14,27H,2,4-8,10-11H2,1H3. The lowest BCUT2D eigenvalue weighted by Gasteiger charge is -2.43. The van der Waals surface area contributed by atoms with E-state index in [0.29, 0.717) is 19.3 Å². The number of Topliss-reactive ketones (excluding diaryl/α,β-unsaturated/α-hetero) is 1. The van der Waals surface area contributed by atoms with E-state index in [2.05, 4.69) is 0 Å². The highest BCUT2D eigenvalue weighted by atomic mass is 19.4. The molecule has 2 nitrogen and oxygen atoms in total. The summed E-state index contributed by atoms with van der Waals surface area (Å²) >= 11 is 0. The van der Waals surface area contributed by atoms with E-state index in [1.54, 1.807) is 0 Å². The van der Waals surface area contributed by atoms with Crippen molar-refractivity contribution in [2.75, 3.05) is 0 Å². The number of aliphatic hydroxyl groups is 1. The first-order valence-corrected chi connectivity index (χ1v) is 9.15. The molecule has 0 aromatic carbocycles. The first-order chi connectivity index (χ1) is 12.3. The van der Waals surface area contributed by atoms with E-state index in [1.807, 2.05) is 12.8 Å². The van der Waals surface area contributed by atoms with Gasteiger partial charge < -0.3 is 5.11 Å². The molecular formula is C19H22F6O2. The van der Waals surface area contributed by atoms with Gasteiger partial charge in [0.25, 0.3) is 0 Å². The Kier molecular flexibility index (Phi) is 4.66. The molecule has 3 aliphatic carbocycles. The van der Waals surface area contributed by atoms with E-state index in [-0.39, 0.29) is 29.5 Å². The average Bonchev–Trinajstić information content (AvgIpc) is 3.19. The van der Waals surface area contributed by atoms with Crippen molar-refractivity contribution in [3.8, 4) is 11.8 Å². The maximum atomic E-state index is 12.8. The summed E-state index contributed by atoms with van der Waals surface area (Å²) in [4.78, 5) is 12.2. The predicted molar refractivity (Wildman–Crippen MR) is 84.3 cm³/mol. The fourth-order valence-corrected chi connectivity index (χ4v) is 5.40. The molecule has 152 valence electrons. The molecule has 0 aromatic heterocycles. The zero-order valence-corrected chi connectivity index (χ0v) is 14.9. The van der Waals surface area contributed by atoms with Crippen molar-refractivity contribution in [1.82, 2.24) is 0 Å². The van der Waals surface area contributed by atoms with Gasteiger partial charge in [-0.1, -0.05) is 12.8 Å². The van der Waals surface area contributed by atoms with Crippen LogP contribution >= 0.6 is 0 Å². The molecule has 0 saturated heterocycles. The lowest BCUT2D eigenvalue weighted by atomic mass is 9.60. The molecular weight excluding hydrogens is 374 g/mol. The molecule has 0 aliphatic heterocycles. The summed E-state index contributed by atoms with van der Waals surface area (Å²) in [7, 11) is 0. The Labute approximate surface area is 153 Å². The molecule has 3 saturated carbocycles. The molecule has 8 heteroatoms. The van der Waals surface area contributed by atoms with Crippen molar-refractivity contribution in [2.45, 2.75) is 76.2 Å². The van der Waals surface area contributed by atoms with Gasteiger partial charge in [0.1, 0.15) is 5.78 Å². The zero-order valence-electron chi connectivity index (χ0n) is 14.9. The van der Waals surface area contributed by atoms with Gasteiger partial charge in [-0.3, -0.25) is 4.79 Å². The fourth-order valence-electron chi connectivity index (χ4n) is 5.40. The van der Waals surface area contributed by atoms with Crippen LogP contribution in [0.25, 0.3) is 0 Å². The third-order valence-electron chi connectivity index (χ3n) is 7.03. The van der Waals surface area contributed by atoms with Crippen LogP contribution in [0.4, 0.5) is 26.3 Å². The number of fused-ring (bicyclic) bond motifs is 1. The summed E-state index contributed by atoms with van der Waals surface area (Å²) in [6, 6.07) is 0. The molecule has 0 spiro atoms. The minimum atomic E-state index is -5.92. The lowest BCUT2D eigenvalue weighted by molar-refractivity contribution is -0.343. The topological polar surface area (TPSA) is 37.3 Å². The largest absolute Gasteiger partial charge is 0.438 e. The van der Waals surface area contributed by atoms with E-state index < -0.39 is 23.4 Å². The molecule has 0 heterocycles. The summed E-state index contributed by atoms with van der Waals surface area (Å²) in [5, 5.41) is 9.17. The fraction of sp³-hybridized carbons (Fsp3) is 0.842. The molecule has 27 heavy (non-hydrogen) atoms. The van der Waals surface area contributed by atoms with Crippen molar-refractivity contribution in [3.63, 3.8) is 0 Å². The predicted octanol–water partition coefficient (Wildman–Crippen LogP) is 4.80. The van der Waals surface area contributed by atoms with Gasteiger partial charge >= 0.3 is 18.0 Å². The molecule has 0 aromatic rings. The second-order valence-corrected chi connectivity index (χ2v) is 8.56. The van der Waals surface area contributed by atoms with Gasteiger partial charge in [0.15, 0.2) is 0 Å². The number of carbonyl (C=O) groups is 1. The molecule has 3 atom stereocenters. The van der Waals surface area contributed by atoms with Crippen LogP contribution in [0.2, 0.25) is 0 Å². The van der Waals surface area contributed by atoms with Crippen molar-refractivity contribution in [2.24, 2.45) is 22.7 Å². The van der Waals surface area contributed by atoms with Crippen molar-refractivity contribution < 1.29 is 36.2 Å². The maximum absolute atomic E-state index is 12.8. The Balaban J connectivity index is 1.81. The van der Waals surface area contributed by atoms with E-state index in [4.69, 9.17) is 0 Å². The van der Waals surface area contributed by atoms with Gasteiger partial charge in [-0.05, 0) is 61.2 Å². The van der Waals surface area contributed by atoms with Crippen LogP contribution < -0.4 is 0 Å². The minimum Gasteiger partial charge on any atom is -0.363 e. The Bertz CT molecular complexity index is 665. The highest BCUT2D eigenvalue weighted by Crippen LogP contribution is 2.68. The van der Waals surface area contributed by atoms with Crippen molar-refractivity contribution in [3.05, 3.63) is 0 Å². The van der Waals surface area contributed by atoms with E-state index >= 15 is 0 Å². The third-order valence-corrected chi connectivity index (χ3v) is 7.03. The third kappa shape index (κ3) is 3.16. The normalized spacial score (nSPS) is 33.3. The Morgan fingerprint density at radius 3 is 2.19 bits per heavy atom. The van der Waals surface area contributed by atoms with Crippen molar-refractivity contribution in [1.29, 1.82) is 0 Å². The molecule has 3 unspecified atom stereocenters. The van der Waals surface area contributed by atoms with Crippen LogP contribution in [-0.4, -0.2) is 28.8 Å². The lowest BCUT2D eigenvalue weighted by Crippen LogP contribution is -2.55. The van der Waals surface area contributed by atoms with Crippen LogP contribution in [-0.2, 0) is 4.79 Å². The van der Waals surface area contributed by atoms with Crippen LogP contribution in [0, 0.1) is 34.5 Å². The maximum Gasteiger partial charge on any atom is 0.438 e. The number of hydrogen-bond acceptors (Lipinski definition) is 2. The molecule has 0 amide bonds. The van der Waals surface area contributed by atoms with Crippen molar-refractivity contribution >= 4 is 5.78 Å². The minimum absolute atomic E-state index is 0.0658. The summed E-state index contributed by atoms with van der Waals surface area (Å²) in [6.45, 7) is 2.03. The van der Waals surface area contributed by atoms with Gasteiger partial charge in [-0.15, -0.1) is 0 Å². The van der Waals surface area contributed by atoms with E-state index in [0.717, 1.165) is 31.6 Å². The SMILES string of the molecule is CC12CCCC(=O)C1CCC2C1(CC#CC(O)(C(F)(F)F)C(F)(F)F)CC1. The Morgan fingerprint density at radius 1 is 1.07 bits per heavy atom. The summed E-state index contributed by atoms with van der Waals surface area (Å²) in [5.41, 5.74) is -5.71. The highest BCUT2D eigenvalue weighted by molar-refractivity contribution is 5.83. The van der Waals surface area contributed by atoms with Gasteiger partial charge in [-0.2, -0.15) is 26.3 Å². The molecule has 1 N–H and O–H groups in total. The van der Waals surface area contributed by atoms with Crippen LogP contribution in [0.5, 0.6) is 0 Å². The van der Waals surface area contributed by atoms with Crippen LogP contribution in [0.1, 0.15) is 58.3 Å². The molecule has 3 aliphatic rings. The van der Waals surface area contributed by atoms with E-state index in [9.17, 15) is 36.2 Å². The highest BCUT2D eigenvalue weighted by Gasteiger charge is 2.70. The number of carbonyl (C=O) groups excluding carboxylic acids is 1. The molecule has 3 rings (SSSR count). The molecule has 0 bridgehead atoms. The molecule has 3 fully saturated rings. The summed E-state index contributed by atoms with van der Waals surface area (Å²) in [5.74, 6) is 3.32. The molecule has 0 radical (unpaired) electrons. The first kappa shape index (κ1) is 20.5. The average molecular weight is 396 g/mol. The van der Waals surface area contributed by atoms with Crippen LogP contribution in [0.15, 0.2) is 0 Å². The number of halogens is 6. The van der Waals surface area contributed by atoms with E-state index in [1.165, 1.54) is 0 Å². The van der Waals surface area contributed by atoms with Gasteiger partial charge in [-0.25, -0.2) is 0 Å². The number of hydrogen-bond donors (Lipinski definition) is 1. The second-order valence-electron chi connectivity index (χ2n) is 8.56. The number of alkyl halides is 6. The zero-order chi connectivity index (χ0) is 20.3. The summed E-state index contributed by atoms with van der Waals surface area (Å²) in [6.07, 6.45) is -6.97. The Hall–Kier alpha value is -1.23. The quantitative estimate of drug-likeness (QED) is 0.538. The van der Waals surface area contributed by atoms with Crippen LogP contribution in [0.3, 0.4) is 0 Å². The first-order valence-electron chi connectivity index (χ1n) is 9.15. The van der Waals surface area contributed by atoms with Gasteiger partial charge in [0.2, 0.25) is 0 Å². The second kappa shape index (κ2) is 6.13. The van der Waals surface area contributed by atoms with Gasteiger partial charge in [0.05, 0.1) is 0 Å². The summed E-state index contributed by atoms with van der Waals surface area (Å²) < 4.78 is 76.5. The number of ketones is 1. The Morgan fingerprint density at radius 2 is 1.67 bits per heavy atom. The number of rotatable bonds is 2.